The summed E-state index contributed by atoms with van der Waals surface area (Å²) in [7, 11) is 0. The van der Waals surface area contributed by atoms with Gasteiger partial charge >= 0.3 is 0 Å². The summed E-state index contributed by atoms with van der Waals surface area (Å²) in [5.74, 6) is 3.25. The van der Waals surface area contributed by atoms with Crippen LogP contribution < -0.4 is 10.1 Å². The molecule has 3 heterocycles. The number of hydrogen-bond acceptors (Lipinski definition) is 5. The Balaban J connectivity index is 0.00000128. The molecule has 1 aliphatic heterocycles. The molecule has 0 amide bonds. The van der Waals surface area contributed by atoms with Crippen LogP contribution in [0.4, 0.5) is 0 Å². The van der Waals surface area contributed by atoms with Gasteiger partial charge in [-0.15, -0.1) is 35.0 Å². The van der Waals surface area contributed by atoms with Crippen LogP contribution in [0.1, 0.15) is 48.8 Å². The molecular weight excluding hydrogens is 445 g/mol. The number of nitrogens with one attached hydrogen (secondary N) is 1. The van der Waals surface area contributed by atoms with Crippen molar-refractivity contribution in [3.8, 4) is 11.4 Å². The highest BCUT2D eigenvalue weighted by Gasteiger charge is 2.30. The van der Waals surface area contributed by atoms with E-state index in [1.807, 2.05) is 24.3 Å². The molecule has 0 radical (unpaired) electrons. The van der Waals surface area contributed by atoms with E-state index in [9.17, 15) is 0 Å². The fourth-order valence-corrected chi connectivity index (χ4v) is 4.44. The van der Waals surface area contributed by atoms with E-state index in [1.54, 1.807) is 12.4 Å². The molecule has 160 valence electrons. The molecule has 0 atom stereocenters. The summed E-state index contributed by atoms with van der Waals surface area (Å²) >= 11 is 6.22. The van der Waals surface area contributed by atoms with Crippen molar-refractivity contribution < 1.29 is 4.74 Å². The highest BCUT2D eigenvalue weighted by molar-refractivity contribution is 6.30. The normalized spacial score (nSPS) is 20.0. The average molecular weight is 469 g/mol. The fraction of sp³-hybridized carbons (Fsp3) is 0.381. The Hall–Kier alpha value is -1.86. The molecule has 1 aromatic carbocycles. The molecule has 0 spiro atoms. The van der Waals surface area contributed by atoms with E-state index in [2.05, 4.69) is 31.1 Å². The summed E-state index contributed by atoms with van der Waals surface area (Å²) < 4.78 is 8.33. The van der Waals surface area contributed by atoms with Gasteiger partial charge in [-0.1, -0.05) is 11.6 Å². The van der Waals surface area contributed by atoms with Crippen molar-refractivity contribution in [3.63, 3.8) is 0 Å². The number of aromatic nitrogens is 4. The summed E-state index contributed by atoms with van der Waals surface area (Å²) in [4.78, 5) is 4.13. The topological polar surface area (TPSA) is 64.9 Å². The number of pyridine rings is 1. The molecule has 2 aliphatic rings. The minimum atomic E-state index is 0. The zero-order valence-electron chi connectivity index (χ0n) is 16.3. The Morgan fingerprint density at radius 2 is 1.87 bits per heavy atom. The fourth-order valence-electron chi connectivity index (χ4n) is 4.24. The van der Waals surface area contributed by atoms with E-state index in [4.69, 9.17) is 16.3 Å². The van der Waals surface area contributed by atoms with E-state index in [0.717, 1.165) is 60.3 Å². The van der Waals surface area contributed by atoms with Gasteiger partial charge in [0.1, 0.15) is 11.6 Å². The van der Waals surface area contributed by atoms with Crippen LogP contribution in [0.15, 0.2) is 42.7 Å². The summed E-state index contributed by atoms with van der Waals surface area (Å²) in [5.41, 5.74) is 2.32. The van der Waals surface area contributed by atoms with Crippen LogP contribution in [-0.4, -0.2) is 25.9 Å². The lowest BCUT2D eigenvalue weighted by Gasteiger charge is -2.28. The molecule has 0 unspecified atom stereocenters. The highest BCUT2D eigenvalue weighted by atomic mass is 35.5. The Kier molecular flexibility index (Phi) is 7.58. The lowest BCUT2D eigenvalue weighted by Crippen LogP contribution is -2.25. The third-order valence-electron chi connectivity index (χ3n) is 5.61. The van der Waals surface area contributed by atoms with Gasteiger partial charge in [0, 0.05) is 23.7 Å². The van der Waals surface area contributed by atoms with E-state index < -0.39 is 0 Å². The van der Waals surface area contributed by atoms with Gasteiger partial charge in [-0.05, 0) is 61.6 Å². The third-order valence-corrected chi connectivity index (χ3v) is 5.85. The van der Waals surface area contributed by atoms with E-state index in [1.165, 1.54) is 5.56 Å². The smallest absolute Gasteiger partial charge is 0.151 e. The number of rotatable bonds is 3. The van der Waals surface area contributed by atoms with Crippen molar-refractivity contribution in [2.24, 2.45) is 0 Å². The lowest BCUT2D eigenvalue weighted by molar-refractivity contribution is 0.144. The molecule has 2 aromatic heterocycles. The number of benzene rings is 1. The van der Waals surface area contributed by atoms with Gasteiger partial charge in [-0.2, -0.15) is 0 Å². The molecule has 1 saturated carbocycles. The van der Waals surface area contributed by atoms with Gasteiger partial charge in [0.15, 0.2) is 5.82 Å². The van der Waals surface area contributed by atoms with Gasteiger partial charge in [0.25, 0.3) is 0 Å². The minimum absolute atomic E-state index is 0. The first-order chi connectivity index (χ1) is 13.8. The Morgan fingerprint density at radius 3 is 2.63 bits per heavy atom. The van der Waals surface area contributed by atoms with Gasteiger partial charge in [0.05, 0.1) is 24.5 Å². The van der Waals surface area contributed by atoms with Crippen molar-refractivity contribution >= 4 is 36.4 Å². The second-order valence-electron chi connectivity index (χ2n) is 7.47. The molecular formula is C21H24Cl3N5O. The Labute approximate surface area is 193 Å². The van der Waals surface area contributed by atoms with Gasteiger partial charge in [-0.3, -0.25) is 9.55 Å². The first-order valence-electron chi connectivity index (χ1n) is 9.78. The van der Waals surface area contributed by atoms with Crippen molar-refractivity contribution in [2.45, 2.75) is 50.8 Å². The zero-order valence-corrected chi connectivity index (χ0v) is 18.7. The quantitative estimate of drug-likeness (QED) is 0.594. The average Bonchev–Trinajstić information content (AvgIpc) is 3.05. The number of ether oxygens (including phenoxy) is 1. The highest BCUT2D eigenvalue weighted by Crippen LogP contribution is 2.36. The van der Waals surface area contributed by atoms with Gasteiger partial charge in [0.2, 0.25) is 0 Å². The van der Waals surface area contributed by atoms with Crippen LogP contribution in [0.2, 0.25) is 5.02 Å². The number of halogens is 3. The van der Waals surface area contributed by atoms with Crippen LogP contribution >= 0.6 is 36.4 Å². The van der Waals surface area contributed by atoms with Crippen molar-refractivity contribution in [1.29, 1.82) is 0 Å². The second-order valence-corrected chi connectivity index (χ2v) is 7.90. The maximum atomic E-state index is 6.22. The molecule has 6 nitrogen and oxygen atoms in total. The van der Waals surface area contributed by atoms with Gasteiger partial charge in [-0.25, -0.2) is 0 Å². The molecule has 1 N–H and O–H groups in total. The molecule has 1 fully saturated rings. The van der Waals surface area contributed by atoms with Crippen LogP contribution in [0.25, 0.3) is 5.69 Å². The standard InChI is InChI=1S/C21H22ClN5O.2ClH/c22-16-5-8-19-15(10-16)11-24-13-20-25-26-21(27(19)20)14-3-6-17(7-4-14)28-18-2-1-9-23-12-18;;/h1-2,5,8-10,12,14,17,24H,3-4,6-7,11,13H2;2*1H. The molecule has 5 rings (SSSR count). The predicted molar refractivity (Wildman–Crippen MR) is 121 cm³/mol. The number of fused-ring (bicyclic) bond motifs is 3. The molecule has 1 aliphatic carbocycles. The maximum Gasteiger partial charge on any atom is 0.151 e. The van der Waals surface area contributed by atoms with E-state index in [-0.39, 0.29) is 30.9 Å². The molecule has 0 saturated heterocycles. The third kappa shape index (κ3) is 4.57. The molecule has 3 aromatic rings. The van der Waals surface area contributed by atoms with Crippen LogP contribution in [0.3, 0.4) is 0 Å². The van der Waals surface area contributed by atoms with Crippen molar-refractivity contribution in [3.05, 3.63) is 65.0 Å². The summed E-state index contributed by atoms with van der Waals surface area (Å²) in [5, 5.41) is 13.2. The van der Waals surface area contributed by atoms with E-state index >= 15 is 0 Å². The number of nitrogens with zero attached hydrogens (tertiary/aromatic N) is 4. The van der Waals surface area contributed by atoms with Gasteiger partial charge < -0.3 is 10.1 Å². The monoisotopic (exact) mass is 467 g/mol. The summed E-state index contributed by atoms with van der Waals surface area (Å²) in [6.07, 6.45) is 7.87. The summed E-state index contributed by atoms with van der Waals surface area (Å²) in [6.45, 7) is 1.49. The lowest BCUT2D eigenvalue weighted by atomic mass is 9.86. The molecule has 0 bridgehead atoms. The molecule has 9 heteroatoms. The second kappa shape index (κ2) is 9.96. The van der Waals surface area contributed by atoms with Crippen LogP contribution in [0.5, 0.6) is 5.75 Å². The minimum Gasteiger partial charge on any atom is -0.489 e. The Morgan fingerprint density at radius 1 is 1.03 bits per heavy atom. The van der Waals surface area contributed by atoms with Crippen LogP contribution in [0, 0.1) is 0 Å². The maximum absolute atomic E-state index is 6.22. The summed E-state index contributed by atoms with van der Waals surface area (Å²) in [6, 6.07) is 9.92. The predicted octanol–water partition coefficient (Wildman–Crippen LogP) is 4.87. The molecule has 30 heavy (non-hydrogen) atoms. The Bertz CT molecular complexity index is 974. The first-order valence-corrected chi connectivity index (χ1v) is 10.2. The zero-order chi connectivity index (χ0) is 18.9. The van der Waals surface area contributed by atoms with Crippen molar-refractivity contribution in [1.82, 2.24) is 25.1 Å². The van der Waals surface area contributed by atoms with Crippen LogP contribution in [-0.2, 0) is 13.1 Å². The SMILES string of the molecule is Cl.Cl.Clc1ccc2c(c1)CNCc1nnc(C3CCC(Oc4cccnc4)CC3)n1-2. The van der Waals surface area contributed by atoms with Crippen molar-refractivity contribution in [2.75, 3.05) is 0 Å². The first kappa shape index (κ1) is 22.8. The van der Waals surface area contributed by atoms with E-state index in [0.29, 0.717) is 12.5 Å². The number of hydrogen-bond donors (Lipinski definition) is 1. The largest absolute Gasteiger partial charge is 0.489 e.